The second-order valence-corrected chi connectivity index (χ2v) is 5.97. The first-order chi connectivity index (χ1) is 8.34. The Morgan fingerprint density at radius 2 is 2.00 bits per heavy atom. The van der Waals surface area contributed by atoms with Crippen LogP contribution in [0.1, 0.15) is 27.2 Å². The number of likely N-dealkylation sites (N-methyl/N-ethyl adjacent to an activating group) is 1. The molecule has 2 N–H and O–H groups in total. The highest BCUT2D eigenvalue weighted by Crippen LogP contribution is 2.23. The minimum atomic E-state index is -0.555. The Bertz CT molecular complexity index is 290. The Labute approximate surface area is 109 Å². The van der Waals surface area contributed by atoms with Crippen LogP contribution in [0.3, 0.4) is 0 Å². The lowest BCUT2D eigenvalue weighted by molar-refractivity contribution is -0.133. The topological polar surface area (TPSA) is 64.0 Å². The Morgan fingerprint density at radius 1 is 1.44 bits per heavy atom. The molecule has 1 heterocycles. The number of aliphatic hydroxyl groups excluding tert-OH is 2. The van der Waals surface area contributed by atoms with Crippen molar-refractivity contribution in [2.75, 3.05) is 33.4 Å². The van der Waals surface area contributed by atoms with E-state index in [0.29, 0.717) is 6.54 Å². The smallest absolute Gasteiger partial charge is 0.240 e. The molecule has 0 aliphatic carbocycles. The van der Waals surface area contributed by atoms with E-state index in [0.717, 1.165) is 13.0 Å². The molecule has 0 bridgehead atoms. The first-order valence-electron chi connectivity index (χ1n) is 6.57. The van der Waals surface area contributed by atoms with Gasteiger partial charge in [-0.2, -0.15) is 0 Å². The van der Waals surface area contributed by atoms with Gasteiger partial charge in [0.25, 0.3) is 0 Å². The molecule has 1 atom stereocenters. The van der Waals surface area contributed by atoms with Gasteiger partial charge in [0.05, 0.1) is 19.3 Å². The lowest BCUT2D eigenvalue weighted by Crippen LogP contribution is -2.47. The maximum Gasteiger partial charge on any atom is 0.240 e. The molecule has 1 rings (SSSR count). The Morgan fingerprint density at radius 3 is 2.39 bits per heavy atom. The summed E-state index contributed by atoms with van der Waals surface area (Å²) in [5, 5.41) is 18.6. The van der Waals surface area contributed by atoms with Gasteiger partial charge in [0.1, 0.15) is 0 Å². The lowest BCUT2D eigenvalue weighted by Gasteiger charge is -2.33. The van der Waals surface area contributed by atoms with Gasteiger partial charge in [-0.15, -0.1) is 0 Å². The van der Waals surface area contributed by atoms with Crippen molar-refractivity contribution < 1.29 is 15.0 Å². The van der Waals surface area contributed by atoms with Crippen LogP contribution in [-0.4, -0.2) is 71.4 Å². The van der Waals surface area contributed by atoms with Crippen molar-refractivity contribution in [1.82, 2.24) is 9.80 Å². The molecule has 1 saturated heterocycles. The molecule has 1 amide bonds. The average Bonchev–Trinajstić information content (AvgIpc) is 2.71. The van der Waals surface area contributed by atoms with Crippen LogP contribution in [0.5, 0.6) is 0 Å². The van der Waals surface area contributed by atoms with Gasteiger partial charge in [-0.1, -0.05) is 6.92 Å². The molecule has 1 fully saturated rings. The van der Waals surface area contributed by atoms with Crippen LogP contribution in [0.4, 0.5) is 0 Å². The van der Waals surface area contributed by atoms with E-state index in [1.54, 1.807) is 0 Å². The molecule has 0 aromatic rings. The highest BCUT2D eigenvalue weighted by Gasteiger charge is 2.37. The van der Waals surface area contributed by atoms with Crippen LogP contribution in [0.15, 0.2) is 0 Å². The summed E-state index contributed by atoms with van der Waals surface area (Å²) in [6, 6.07) is 0.114. The van der Waals surface area contributed by atoms with Gasteiger partial charge in [-0.05, 0) is 27.3 Å². The average molecular weight is 258 g/mol. The molecule has 5 heteroatoms. The zero-order valence-electron chi connectivity index (χ0n) is 11.9. The second kappa shape index (κ2) is 5.99. The molecule has 1 aliphatic rings. The Kier molecular flexibility index (Phi) is 5.13. The minimum absolute atomic E-state index is 0.0807. The number of carbonyl (C=O) groups is 1. The SMILES string of the molecule is CC(C)N1CCC(N(C)CC(C)(CO)CO)C1=O. The largest absolute Gasteiger partial charge is 0.396 e. The second-order valence-electron chi connectivity index (χ2n) is 5.97. The van der Waals surface area contributed by atoms with E-state index in [-0.39, 0.29) is 31.2 Å². The number of likely N-dealkylation sites (tertiary alicyclic amines) is 1. The zero-order chi connectivity index (χ0) is 13.9. The predicted molar refractivity (Wildman–Crippen MR) is 70.2 cm³/mol. The zero-order valence-corrected chi connectivity index (χ0v) is 11.9. The molecular formula is C13H26N2O3. The van der Waals surface area contributed by atoms with Crippen molar-refractivity contribution in [3.63, 3.8) is 0 Å². The van der Waals surface area contributed by atoms with Crippen LogP contribution < -0.4 is 0 Å². The standard InChI is InChI=1S/C13H26N2O3/c1-10(2)15-6-5-11(12(15)18)14(4)7-13(3,8-16)9-17/h10-11,16-17H,5-9H2,1-4H3. The third-order valence-electron chi connectivity index (χ3n) is 3.76. The summed E-state index contributed by atoms with van der Waals surface area (Å²) in [6.07, 6.45) is 0.820. The van der Waals surface area contributed by atoms with Gasteiger partial charge < -0.3 is 15.1 Å². The number of nitrogens with zero attached hydrogens (tertiary/aromatic N) is 2. The van der Waals surface area contributed by atoms with Crippen molar-refractivity contribution in [2.45, 2.75) is 39.3 Å². The third kappa shape index (κ3) is 3.22. The number of hydrogen-bond donors (Lipinski definition) is 2. The number of rotatable bonds is 6. The van der Waals surface area contributed by atoms with Gasteiger partial charge >= 0.3 is 0 Å². The quantitative estimate of drug-likeness (QED) is 0.699. The summed E-state index contributed by atoms with van der Waals surface area (Å²) in [6.45, 7) is 7.01. The minimum Gasteiger partial charge on any atom is -0.396 e. The summed E-state index contributed by atoms with van der Waals surface area (Å²) in [5.41, 5.74) is -0.555. The van der Waals surface area contributed by atoms with E-state index < -0.39 is 5.41 Å². The molecule has 0 aromatic heterocycles. The summed E-state index contributed by atoms with van der Waals surface area (Å²) in [7, 11) is 1.88. The van der Waals surface area contributed by atoms with E-state index in [1.807, 2.05) is 37.6 Å². The maximum atomic E-state index is 12.2. The van der Waals surface area contributed by atoms with Crippen molar-refractivity contribution in [3.05, 3.63) is 0 Å². The molecule has 0 saturated carbocycles. The van der Waals surface area contributed by atoms with Gasteiger partial charge in [0.15, 0.2) is 0 Å². The van der Waals surface area contributed by atoms with Crippen LogP contribution in [0.2, 0.25) is 0 Å². The van der Waals surface area contributed by atoms with Gasteiger partial charge in [-0.25, -0.2) is 0 Å². The highest BCUT2D eigenvalue weighted by atomic mass is 16.3. The van der Waals surface area contributed by atoms with Crippen LogP contribution in [0.25, 0.3) is 0 Å². The fraction of sp³-hybridized carbons (Fsp3) is 0.923. The Hall–Kier alpha value is -0.650. The molecule has 0 radical (unpaired) electrons. The summed E-state index contributed by atoms with van der Waals surface area (Å²) < 4.78 is 0. The molecule has 1 aliphatic heterocycles. The summed E-state index contributed by atoms with van der Waals surface area (Å²) in [5.74, 6) is 0.158. The van der Waals surface area contributed by atoms with Crippen LogP contribution >= 0.6 is 0 Å². The molecule has 1 unspecified atom stereocenters. The molecule has 0 spiro atoms. The highest BCUT2D eigenvalue weighted by molar-refractivity contribution is 5.84. The molecule has 5 nitrogen and oxygen atoms in total. The van der Waals surface area contributed by atoms with Crippen molar-refractivity contribution in [3.8, 4) is 0 Å². The normalized spacial score (nSPS) is 21.4. The van der Waals surface area contributed by atoms with Crippen molar-refractivity contribution in [1.29, 1.82) is 0 Å². The van der Waals surface area contributed by atoms with Gasteiger partial charge in [0, 0.05) is 24.5 Å². The molecule has 18 heavy (non-hydrogen) atoms. The van der Waals surface area contributed by atoms with Gasteiger partial charge in [0.2, 0.25) is 5.91 Å². The van der Waals surface area contributed by atoms with E-state index >= 15 is 0 Å². The van der Waals surface area contributed by atoms with Crippen LogP contribution in [0, 0.1) is 5.41 Å². The molecule has 106 valence electrons. The first kappa shape index (κ1) is 15.4. The first-order valence-corrected chi connectivity index (χ1v) is 6.57. The lowest BCUT2D eigenvalue weighted by atomic mass is 9.92. The van der Waals surface area contributed by atoms with Crippen LogP contribution in [-0.2, 0) is 4.79 Å². The number of aliphatic hydroxyl groups is 2. The summed E-state index contributed by atoms with van der Waals surface area (Å²) in [4.78, 5) is 16.1. The summed E-state index contributed by atoms with van der Waals surface area (Å²) >= 11 is 0. The van der Waals surface area contributed by atoms with E-state index in [2.05, 4.69) is 0 Å². The molecular weight excluding hydrogens is 232 g/mol. The van der Waals surface area contributed by atoms with Crippen molar-refractivity contribution >= 4 is 5.91 Å². The van der Waals surface area contributed by atoms with E-state index in [1.165, 1.54) is 0 Å². The van der Waals surface area contributed by atoms with E-state index in [9.17, 15) is 15.0 Å². The van der Waals surface area contributed by atoms with Crippen molar-refractivity contribution in [2.24, 2.45) is 5.41 Å². The number of amides is 1. The monoisotopic (exact) mass is 258 g/mol. The maximum absolute atomic E-state index is 12.2. The predicted octanol–water partition coefficient (Wildman–Crippen LogP) is -0.0816. The van der Waals surface area contributed by atoms with E-state index in [4.69, 9.17) is 0 Å². The molecule has 0 aromatic carbocycles. The number of carbonyl (C=O) groups excluding carboxylic acids is 1. The fourth-order valence-electron chi connectivity index (χ4n) is 2.47. The third-order valence-corrected chi connectivity index (χ3v) is 3.76. The Balaban J connectivity index is 2.64. The number of hydrogen-bond acceptors (Lipinski definition) is 4. The fourth-order valence-corrected chi connectivity index (χ4v) is 2.47. The van der Waals surface area contributed by atoms with Gasteiger partial charge in [-0.3, -0.25) is 9.69 Å².